The number of hydrogen-bond donors (Lipinski definition) is 1. The number of phenols is 1. The van der Waals surface area contributed by atoms with Gasteiger partial charge in [0.25, 0.3) is 0 Å². The Kier molecular flexibility index (Phi) is 0.624. The average molecular weight is 222 g/mol. The van der Waals surface area contributed by atoms with Gasteiger partial charge in [-0.25, -0.2) is 0 Å². The summed E-state index contributed by atoms with van der Waals surface area (Å²) < 4.78 is 124. The van der Waals surface area contributed by atoms with Gasteiger partial charge in [-0.15, -0.1) is 0 Å². The van der Waals surface area contributed by atoms with Crippen molar-refractivity contribution in [3.63, 3.8) is 0 Å². The zero-order valence-corrected chi connectivity index (χ0v) is 8.10. The summed E-state index contributed by atoms with van der Waals surface area (Å²) in [7, 11) is 0. The van der Waals surface area contributed by atoms with E-state index in [9.17, 15) is 5.11 Å². The Morgan fingerprint density at radius 3 is 2.33 bits per heavy atom. The molecule has 0 heterocycles. The van der Waals surface area contributed by atoms with Crippen LogP contribution in [-0.4, -0.2) is 5.11 Å². The molecule has 0 amide bonds. The maximum Gasteiger partial charge on any atom is 0.119 e. The largest absolute Gasteiger partial charge is 0.508 e. The molecule has 1 aromatic carbocycles. The first-order chi connectivity index (χ1) is 13.3. The van der Waals surface area contributed by atoms with Crippen LogP contribution in [0.15, 0.2) is 18.2 Å². The van der Waals surface area contributed by atoms with Gasteiger partial charge in [0.1, 0.15) is 5.75 Å². The third-order valence-electron chi connectivity index (χ3n) is 1.89. The summed E-state index contributed by atoms with van der Waals surface area (Å²) >= 11 is 0. The lowest BCUT2D eigenvalue weighted by Crippen LogP contribution is -2.16. The SMILES string of the molecule is [2H]c1cc(C(C([2H])([2H])[2H])(C([2H])([2H])[2H])C([2H])([2H])[2H])cc(C(C)(C([2H])([2H])[2H])C([2H])([2H])[2H])c1O. The highest BCUT2D eigenvalue weighted by atomic mass is 16.3. The Bertz CT molecular complexity index is 769. The molecular formula is C14H22O. The molecule has 1 nitrogen and oxygen atoms in total. The Balaban J connectivity index is 4.34. The van der Waals surface area contributed by atoms with Crippen LogP contribution in [-0.2, 0) is 10.8 Å². The lowest BCUT2D eigenvalue weighted by molar-refractivity contribution is 0.444. The molecule has 0 saturated carbocycles. The minimum absolute atomic E-state index is 0.456. The van der Waals surface area contributed by atoms with Crippen LogP contribution < -0.4 is 0 Å². The molecule has 0 aromatic heterocycles. The molecule has 0 aliphatic heterocycles. The van der Waals surface area contributed by atoms with Gasteiger partial charge in [0.15, 0.2) is 0 Å². The summed E-state index contributed by atoms with van der Waals surface area (Å²) in [6.45, 7) is -17.1. The molecule has 0 bridgehead atoms. The maximum absolute atomic E-state index is 10.3. The van der Waals surface area contributed by atoms with Crippen molar-refractivity contribution in [2.45, 2.75) is 52.0 Å². The number of rotatable bonds is 0. The monoisotopic (exact) mass is 222 g/mol. The molecule has 1 rings (SSSR count). The van der Waals surface area contributed by atoms with E-state index in [0.29, 0.717) is 19.1 Å². The van der Waals surface area contributed by atoms with E-state index >= 15 is 0 Å². The van der Waals surface area contributed by atoms with Crippen molar-refractivity contribution in [2.75, 3.05) is 0 Å². The number of aromatic hydroxyl groups is 1. The third kappa shape index (κ3) is 2.74. The first kappa shape index (κ1) is 2.64. The normalized spacial score (nSPS) is 32.9. The summed E-state index contributed by atoms with van der Waals surface area (Å²) in [6, 6.07) is -0.0741. The van der Waals surface area contributed by atoms with Crippen molar-refractivity contribution in [3.05, 3.63) is 29.3 Å². The van der Waals surface area contributed by atoms with Crippen LogP contribution in [0, 0.1) is 0 Å². The van der Waals surface area contributed by atoms with Gasteiger partial charge < -0.3 is 5.11 Å². The molecule has 15 heavy (non-hydrogen) atoms. The van der Waals surface area contributed by atoms with Crippen molar-refractivity contribution in [3.8, 4) is 5.75 Å². The van der Waals surface area contributed by atoms with E-state index in [1.807, 2.05) is 0 Å². The van der Waals surface area contributed by atoms with Crippen LogP contribution in [0.4, 0.5) is 0 Å². The van der Waals surface area contributed by atoms with Gasteiger partial charge >= 0.3 is 0 Å². The topological polar surface area (TPSA) is 20.2 Å². The molecular weight excluding hydrogens is 184 g/mol. The molecule has 0 spiro atoms. The van der Waals surface area contributed by atoms with E-state index < -0.39 is 68.0 Å². The van der Waals surface area contributed by atoms with Crippen molar-refractivity contribution in [1.82, 2.24) is 0 Å². The van der Waals surface area contributed by atoms with E-state index in [4.69, 9.17) is 21.9 Å². The molecule has 0 saturated heterocycles. The van der Waals surface area contributed by atoms with Crippen LogP contribution in [0.3, 0.4) is 0 Å². The maximum atomic E-state index is 10.3. The fourth-order valence-electron chi connectivity index (χ4n) is 1.09. The first-order valence-corrected chi connectivity index (χ1v) is 4.13. The second-order valence-electron chi connectivity index (χ2n) is 3.53. The highest BCUT2D eigenvalue weighted by molar-refractivity contribution is 5.42. The molecule has 0 atom stereocenters. The summed E-state index contributed by atoms with van der Waals surface area (Å²) in [6.07, 6.45) is 0. The highest BCUT2D eigenvalue weighted by Gasteiger charge is 2.21. The Morgan fingerprint density at radius 2 is 1.80 bits per heavy atom. The zero-order valence-electron chi connectivity index (χ0n) is 24.1. The number of benzene rings is 1. The standard InChI is InChI=1S/C14H22O/c1-13(2,3)10-7-8-12(15)11(9-10)14(4,5)6/h7-9,15H,1-6H3/i1D3,2D3,3D3,4D3,5D3,8D. The van der Waals surface area contributed by atoms with E-state index in [1.54, 1.807) is 0 Å². The van der Waals surface area contributed by atoms with Gasteiger partial charge in [-0.05, 0) is 28.0 Å². The van der Waals surface area contributed by atoms with Crippen LogP contribution in [0.5, 0.6) is 5.75 Å². The van der Waals surface area contributed by atoms with Gasteiger partial charge in [0.2, 0.25) is 0 Å². The molecule has 0 aliphatic carbocycles. The van der Waals surface area contributed by atoms with Crippen LogP contribution in [0.2, 0.25) is 0 Å². The quantitative estimate of drug-likeness (QED) is 0.704. The molecule has 0 unspecified atom stereocenters. The average Bonchev–Trinajstić information content (AvgIpc) is 2.43. The van der Waals surface area contributed by atoms with Crippen molar-refractivity contribution in [2.24, 2.45) is 0 Å². The van der Waals surface area contributed by atoms with Crippen LogP contribution in [0.25, 0.3) is 0 Å². The summed E-state index contributed by atoms with van der Waals surface area (Å²) in [4.78, 5) is 0. The fourth-order valence-corrected chi connectivity index (χ4v) is 1.09. The van der Waals surface area contributed by atoms with Crippen molar-refractivity contribution in [1.29, 1.82) is 0 Å². The fraction of sp³-hybridized carbons (Fsp3) is 0.571. The summed E-state index contributed by atoms with van der Waals surface area (Å²) in [5.41, 5.74) is -8.49. The molecule has 0 aliphatic rings. The molecule has 84 valence electrons. The van der Waals surface area contributed by atoms with E-state index in [1.165, 1.54) is 0 Å². The Labute approximate surface area is 116 Å². The zero-order chi connectivity index (χ0) is 25.2. The lowest BCUT2D eigenvalue weighted by atomic mass is 9.80. The van der Waals surface area contributed by atoms with E-state index in [0.717, 1.165) is 0 Å². The highest BCUT2D eigenvalue weighted by Crippen LogP contribution is 2.34. The summed E-state index contributed by atoms with van der Waals surface area (Å²) in [5.74, 6) is -1.14. The van der Waals surface area contributed by atoms with Crippen molar-refractivity contribution >= 4 is 0 Å². The second kappa shape index (κ2) is 3.55. The predicted octanol–water partition coefficient (Wildman–Crippen LogP) is 3.99. The predicted molar refractivity (Wildman–Crippen MR) is 65.5 cm³/mol. The molecule has 0 radical (unpaired) electrons. The number of hydrogen-bond acceptors (Lipinski definition) is 1. The minimum Gasteiger partial charge on any atom is -0.508 e. The molecule has 1 aromatic rings. The molecule has 1 heteroatoms. The third-order valence-corrected chi connectivity index (χ3v) is 1.89. The summed E-state index contributed by atoms with van der Waals surface area (Å²) in [5, 5.41) is 10.3. The van der Waals surface area contributed by atoms with E-state index in [2.05, 4.69) is 0 Å². The Hall–Kier alpha value is -0.980. The lowest BCUT2D eigenvalue weighted by Gasteiger charge is -2.25. The van der Waals surface area contributed by atoms with E-state index in [-0.39, 0.29) is 0 Å². The minimum atomic E-state index is -3.72. The second-order valence-corrected chi connectivity index (χ2v) is 3.53. The van der Waals surface area contributed by atoms with Gasteiger partial charge in [-0.3, -0.25) is 0 Å². The first-order valence-electron chi connectivity index (χ1n) is 12.1. The van der Waals surface area contributed by atoms with Crippen LogP contribution >= 0.6 is 0 Å². The van der Waals surface area contributed by atoms with Gasteiger partial charge in [-0.1, -0.05) is 53.3 Å². The van der Waals surface area contributed by atoms with Gasteiger partial charge in [-0.2, -0.15) is 0 Å². The van der Waals surface area contributed by atoms with Gasteiger partial charge in [0, 0.05) is 20.6 Å². The molecule has 0 fully saturated rings. The Morgan fingerprint density at radius 1 is 1.20 bits per heavy atom. The van der Waals surface area contributed by atoms with Gasteiger partial charge in [0.05, 0.1) is 1.37 Å². The van der Waals surface area contributed by atoms with Crippen LogP contribution in [0.1, 0.15) is 74.2 Å². The smallest absolute Gasteiger partial charge is 0.119 e. The molecule has 1 N–H and O–H groups in total. The number of phenolic OH excluding ortho intramolecular Hbond substituents is 1. The van der Waals surface area contributed by atoms with Crippen molar-refractivity contribution < 1.29 is 27.0 Å².